The second-order valence-corrected chi connectivity index (χ2v) is 9.30. The Kier molecular flexibility index (Phi) is 7.13. The van der Waals surface area contributed by atoms with Crippen molar-refractivity contribution in [3.05, 3.63) is 60.9 Å². The van der Waals surface area contributed by atoms with E-state index in [0.29, 0.717) is 36.7 Å². The zero-order chi connectivity index (χ0) is 24.9. The Morgan fingerprint density at radius 1 is 1.00 bits per heavy atom. The van der Waals surface area contributed by atoms with Gasteiger partial charge in [0.05, 0.1) is 11.6 Å². The van der Waals surface area contributed by atoms with E-state index >= 15 is 0 Å². The lowest BCUT2D eigenvalue weighted by molar-refractivity contribution is -0.121. The Bertz CT molecular complexity index is 1210. The summed E-state index contributed by atoms with van der Waals surface area (Å²) in [5, 5.41) is 2.90. The van der Waals surface area contributed by atoms with Crippen LogP contribution in [0.5, 0.6) is 0 Å². The summed E-state index contributed by atoms with van der Waals surface area (Å²) in [7, 11) is 2.12. The maximum Gasteiger partial charge on any atom is 0.272 e. The van der Waals surface area contributed by atoms with Crippen molar-refractivity contribution >= 4 is 23.3 Å². The first kappa shape index (κ1) is 23.8. The number of piperazine rings is 1. The number of likely N-dealkylation sites (tertiary alicyclic amines) is 1. The van der Waals surface area contributed by atoms with Crippen LogP contribution in [-0.2, 0) is 4.79 Å². The molecule has 0 spiro atoms. The highest BCUT2D eigenvalue weighted by Crippen LogP contribution is 2.23. The number of rotatable bonds is 5. The molecule has 5 rings (SSSR count). The van der Waals surface area contributed by atoms with Gasteiger partial charge in [-0.15, -0.1) is 0 Å². The third kappa shape index (κ3) is 5.49. The Labute approximate surface area is 210 Å². The largest absolute Gasteiger partial charge is 0.369 e. The van der Waals surface area contributed by atoms with E-state index in [0.717, 1.165) is 43.9 Å². The van der Waals surface area contributed by atoms with Gasteiger partial charge in [0.25, 0.3) is 5.91 Å². The summed E-state index contributed by atoms with van der Waals surface area (Å²) in [6.45, 7) is 4.79. The highest BCUT2D eigenvalue weighted by atomic mass is 16.2. The Balaban J connectivity index is 1.23. The number of carbonyl (C=O) groups excluding carboxylic acids is 2. The molecule has 2 amide bonds. The van der Waals surface area contributed by atoms with Gasteiger partial charge in [0.2, 0.25) is 5.91 Å². The van der Waals surface area contributed by atoms with E-state index in [1.54, 1.807) is 29.6 Å². The molecule has 10 heteroatoms. The van der Waals surface area contributed by atoms with Gasteiger partial charge in [0.15, 0.2) is 0 Å². The molecular weight excluding hydrogens is 456 g/mol. The van der Waals surface area contributed by atoms with Crippen molar-refractivity contribution in [1.82, 2.24) is 29.7 Å². The van der Waals surface area contributed by atoms with Crippen molar-refractivity contribution in [2.75, 3.05) is 56.5 Å². The molecule has 5 heterocycles. The van der Waals surface area contributed by atoms with Crippen LogP contribution in [0.15, 0.2) is 55.2 Å². The Morgan fingerprint density at radius 2 is 1.86 bits per heavy atom. The van der Waals surface area contributed by atoms with Gasteiger partial charge >= 0.3 is 0 Å². The molecule has 36 heavy (non-hydrogen) atoms. The second-order valence-electron chi connectivity index (χ2n) is 9.30. The molecule has 1 N–H and O–H groups in total. The quantitative estimate of drug-likeness (QED) is 0.585. The lowest BCUT2D eigenvalue weighted by Gasteiger charge is -2.34. The molecule has 10 nitrogen and oxygen atoms in total. The molecule has 3 aromatic rings. The molecule has 2 aliphatic rings. The third-order valence-electron chi connectivity index (χ3n) is 6.79. The smallest absolute Gasteiger partial charge is 0.272 e. The van der Waals surface area contributed by atoms with Crippen molar-refractivity contribution in [3.8, 4) is 11.3 Å². The van der Waals surface area contributed by atoms with Crippen LogP contribution >= 0.6 is 0 Å². The first-order chi connectivity index (χ1) is 17.6. The standard InChI is InChI=1S/C26H30N8O2/c1-32-10-12-33(13-11-32)21-6-8-28-23(14-21)26(36)34-9-3-5-20(17-34)25(35)31-24-15-22(29-18-30-24)19-4-2-7-27-16-19/h2,4,6-8,14-16,18,20H,3,5,9-13,17H2,1H3,(H,29,30,31,35)/t20-/m0/s1. The summed E-state index contributed by atoms with van der Waals surface area (Å²) in [6.07, 6.45) is 8.00. The highest BCUT2D eigenvalue weighted by molar-refractivity contribution is 5.95. The summed E-state index contributed by atoms with van der Waals surface area (Å²) in [5.74, 6) is -0.175. The fourth-order valence-electron chi connectivity index (χ4n) is 4.66. The molecule has 0 saturated carbocycles. The number of hydrogen-bond acceptors (Lipinski definition) is 8. The monoisotopic (exact) mass is 486 g/mol. The second kappa shape index (κ2) is 10.8. The molecule has 186 valence electrons. The minimum atomic E-state index is -0.319. The molecule has 0 unspecified atom stereocenters. The van der Waals surface area contributed by atoms with Crippen molar-refractivity contribution in [1.29, 1.82) is 0 Å². The number of nitrogens with one attached hydrogen (secondary N) is 1. The number of hydrogen-bond donors (Lipinski definition) is 1. The first-order valence-corrected chi connectivity index (χ1v) is 12.3. The van der Waals surface area contributed by atoms with Crippen molar-refractivity contribution < 1.29 is 9.59 Å². The van der Waals surface area contributed by atoms with Crippen LogP contribution in [0, 0.1) is 5.92 Å². The SMILES string of the molecule is CN1CCN(c2ccnc(C(=O)N3CCC[C@H](C(=O)Nc4cc(-c5cccnc5)ncn4)C3)c2)CC1. The van der Waals surface area contributed by atoms with E-state index in [-0.39, 0.29) is 17.7 Å². The Morgan fingerprint density at radius 3 is 2.67 bits per heavy atom. The van der Waals surface area contributed by atoms with Gasteiger partial charge in [-0.05, 0) is 44.2 Å². The minimum Gasteiger partial charge on any atom is -0.369 e. The number of pyridine rings is 2. The molecule has 0 bridgehead atoms. The number of carbonyl (C=O) groups is 2. The predicted octanol–water partition coefficient (Wildman–Crippen LogP) is 2.18. The minimum absolute atomic E-state index is 0.135. The fourth-order valence-corrected chi connectivity index (χ4v) is 4.66. The lowest BCUT2D eigenvalue weighted by Crippen LogP contribution is -2.45. The first-order valence-electron chi connectivity index (χ1n) is 12.3. The summed E-state index contributed by atoms with van der Waals surface area (Å²) < 4.78 is 0. The number of piperidine rings is 1. The summed E-state index contributed by atoms with van der Waals surface area (Å²) >= 11 is 0. The van der Waals surface area contributed by atoms with Crippen molar-refractivity contribution in [2.45, 2.75) is 12.8 Å². The number of nitrogens with zero attached hydrogens (tertiary/aromatic N) is 7. The molecule has 0 aromatic carbocycles. The normalized spacial score (nSPS) is 18.6. The van der Waals surface area contributed by atoms with E-state index in [1.807, 2.05) is 24.3 Å². The molecule has 2 saturated heterocycles. The summed E-state index contributed by atoms with van der Waals surface area (Å²) in [5.41, 5.74) is 2.96. The average molecular weight is 487 g/mol. The van der Waals surface area contributed by atoms with Gasteiger partial charge in [0, 0.05) is 75.2 Å². The average Bonchev–Trinajstić information content (AvgIpc) is 2.94. The number of amides is 2. The van der Waals surface area contributed by atoms with Crippen LogP contribution in [0.3, 0.4) is 0 Å². The van der Waals surface area contributed by atoms with Crippen LogP contribution in [0.2, 0.25) is 0 Å². The number of aromatic nitrogens is 4. The molecule has 2 fully saturated rings. The van der Waals surface area contributed by atoms with E-state index in [4.69, 9.17) is 0 Å². The lowest BCUT2D eigenvalue weighted by atomic mass is 9.96. The van der Waals surface area contributed by atoms with Gasteiger partial charge in [-0.25, -0.2) is 9.97 Å². The predicted molar refractivity (Wildman–Crippen MR) is 136 cm³/mol. The molecule has 1 atom stereocenters. The summed E-state index contributed by atoms with van der Waals surface area (Å²) in [6, 6.07) is 9.29. The molecule has 2 aliphatic heterocycles. The molecule has 0 radical (unpaired) electrons. The van der Waals surface area contributed by atoms with E-state index < -0.39 is 0 Å². The maximum atomic E-state index is 13.3. The third-order valence-corrected chi connectivity index (χ3v) is 6.79. The van der Waals surface area contributed by atoms with Gasteiger partial charge in [0.1, 0.15) is 17.8 Å². The van der Waals surface area contributed by atoms with E-state index in [2.05, 4.69) is 42.1 Å². The van der Waals surface area contributed by atoms with Gasteiger partial charge in [-0.1, -0.05) is 0 Å². The fraction of sp³-hybridized carbons (Fsp3) is 0.385. The van der Waals surface area contributed by atoms with Crippen LogP contribution in [0.1, 0.15) is 23.3 Å². The number of likely N-dealkylation sites (N-methyl/N-ethyl adjacent to an activating group) is 1. The van der Waals surface area contributed by atoms with Gasteiger partial charge in [-0.2, -0.15) is 0 Å². The van der Waals surface area contributed by atoms with Gasteiger partial charge < -0.3 is 20.0 Å². The van der Waals surface area contributed by atoms with E-state index in [1.165, 1.54) is 6.33 Å². The molecule has 3 aromatic heterocycles. The van der Waals surface area contributed by atoms with Crippen LogP contribution in [0.4, 0.5) is 11.5 Å². The van der Waals surface area contributed by atoms with Gasteiger partial charge in [-0.3, -0.25) is 19.6 Å². The van der Waals surface area contributed by atoms with E-state index in [9.17, 15) is 9.59 Å². The molecule has 0 aliphatic carbocycles. The van der Waals surface area contributed by atoms with Crippen molar-refractivity contribution in [2.24, 2.45) is 5.92 Å². The van der Waals surface area contributed by atoms with Crippen LogP contribution < -0.4 is 10.2 Å². The zero-order valence-corrected chi connectivity index (χ0v) is 20.4. The molecular formula is C26H30N8O2. The topological polar surface area (TPSA) is 107 Å². The summed E-state index contributed by atoms with van der Waals surface area (Å²) in [4.78, 5) is 49.6. The highest BCUT2D eigenvalue weighted by Gasteiger charge is 2.30. The van der Waals surface area contributed by atoms with Crippen LogP contribution in [0.25, 0.3) is 11.3 Å². The number of anilines is 2. The zero-order valence-electron chi connectivity index (χ0n) is 20.4. The maximum absolute atomic E-state index is 13.3. The van der Waals surface area contributed by atoms with Crippen molar-refractivity contribution in [3.63, 3.8) is 0 Å². The Hall–Kier alpha value is -3.92. The van der Waals surface area contributed by atoms with Crippen LogP contribution in [-0.4, -0.2) is 87.9 Å².